The number of hydrogen-bond acceptors (Lipinski definition) is 6. The fourth-order valence-corrected chi connectivity index (χ4v) is 2.56. The van der Waals surface area contributed by atoms with Gasteiger partial charge in [0.1, 0.15) is 0 Å². The minimum atomic E-state index is 0.0919. The first-order chi connectivity index (χ1) is 8.16. The van der Waals surface area contributed by atoms with Gasteiger partial charge in [0.25, 0.3) is 5.22 Å². The first kappa shape index (κ1) is 12.3. The Kier molecular flexibility index (Phi) is 3.96. The topological polar surface area (TPSA) is 56.0 Å². The van der Waals surface area contributed by atoms with Gasteiger partial charge in [-0.15, -0.1) is 21.5 Å². The number of ketones is 1. The molecule has 2 rings (SSSR count). The van der Waals surface area contributed by atoms with Gasteiger partial charge in [-0.2, -0.15) is 0 Å². The van der Waals surface area contributed by atoms with Gasteiger partial charge >= 0.3 is 0 Å². The molecule has 0 fully saturated rings. The Morgan fingerprint density at radius 1 is 1.53 bits per heavy atom. The number of thioether (sulfide) groups is 1. The van der Waals surface area contributed by atoms with Gasteiger partial charge in [-0.3, -0.25) is 4.79 Å². The fourth-order valence-electron chi connectivity index (χ4n) is 1.15. The van der Waals surface area contributed by atoms with Crippen molar-refractivity contribution in [3.63, 3.8) is 0 Å². The molecule has 0 atom stereocenters. The molecule has 4 nitrogen and oxygen atoms in total. The van der Waals surface area contributed by atoms with E-state index in [-0.39, 0.29) is 11.7 Å². The number of hydrogen-bond donors (Lipinski definition) is 0. The predicted octanol–water partition coefficient (Wildman–Crippen LogP) is 3.23. The second-order valence-electron chi connectivity index (χ2n) is 3.75. The van der Waals surface area contributed by atoms with Crippen LogP contribution < -0.4 is 0 Å². The van der Waals surface area contributed by atoms with Crippen molar-refractivity contribution in [1.82, 2.24) is 10.2 Å². The molecule has 0 amide bonds. The van der Waals surface area contributed by atoms with Gasteiger partial charge in [0.15, 0.2) is 5.78 Å². The molecular weight excluding hydrogens is 256 g/mol. The molecule has 0 aliphatic carbocycles. The summed E-state index contributed by atoms with van der Waals surface area (Å²) in [7, 11) is 0. The lowest BCUT2D eigenvalue weighted by Gasteiger charge is -1.95. The molecule has 2 heterocycles. The van der Waals surface area contributed by atoms with Crippen molar-refractivity contribution in [2.75, 3.05) is 5.75 Å². The summed E-state index contributed by atoms with van der Waals surface area (Å²) in [5.74, 6) is 1.25. The lowest BCUT2D eigenvalue weighted by Crippen LogP contribution is -1.98. The number of carbonyl (C=O) groups excluding carboxylic acids is 1. The maximum Gasteiger partial charge on any atom is 0.277 e. The second-order valence-corrected chi connectivity index (χ2v) is 5.62. The van der Waals surface area contributed by atoms with Crippen LogP contribution in [0.1, 0.15) is 35.3 Å². The van der Waals surface area contributed by atoms with Gasteiger partial charge in [-0.1, -0.05) is 31.7 Å². The average Bonchev–Trinajstić information content (AvgIpc) is 2.97. The average molecular weight is 268 g/mol. The minimum absolute atomic E-state index is 0.0919. The van der Waals surface area contributed by atoms with Crippen molar-refractivity contribution in [1.29, 1.82) is 0 Å². The van der Waals surface area contributed by atoms with Crippen LogP contribution in [0.5, 0.6) is 0 Å². The summed E-state index contributed by atoms with van der Waals surface area (Å²) in [6, 6.07) is 3.69. The molecule has 0 aromatic carbocycles. The molecule has 0 aliphatic rings. The maximum atomic E-state index is 11.7. The number of aromatic nitrogens is 2. The second kappa shape index (κ2) is 5.46. The van der Waals surface area contributed by atoms with E-state index in [1.807, 2.05) is 31.4 Å². The van der Waals surface area contributed by atoms with E-state index in [1.165, 1.54) is 23.1 Å². The highest BCUT2D eigenvalue weighted by Crippen LogP contribution is 2.22. The van der Waals surface area contributed by atoms with E-state index in [0.717, 1.165) is 4.88 Å². The van der Waals surface area contributed by atoms with Gasteiger partial charge < -0.3 is 4.42 Å². The highest BCUT2D eigenvalue weighted by Gasteiger charge is 2.13. The Bertz CT molecular complexity index is 491. The Labute approximate surface area is 107 Å². The molecule has 2 aromatic heterocycles. The summed E-state index contributed by atoms with van der Waals surface area (Å²) in [6.07, 6.45) is 0. The Morgan fingerprint density at radius 2 is 2.35 bits per heavy atom. The Hall–Kier alpha value is -1.14. The van der Waals surface area contributed by atoms with E-state index in [0.29, 0.717) is 16.9 Å². The van der Waals surface area contributed by atoms with E-state index < -0.39 is 0 Å². The molecule has 0 N–H and O–H groups in total. The zero-order valence-electron chi connectivity index (χ0n) is 9.54. The van der Waals surface area contributed by atoms with E-state index >= 15 is 0 Å². The van der Waals surface area contributed by atoms with Crippen molar-refractivity contribution in [3.05, 3.63) is 28.3 Å². The SMILES string of the molecule is CC(C)c1nnc(SCC(=O)c2cccs2)o1. The number of thiophene rings is 1. The summed E-state index contributed by atoms with van der Waals surface area (Å²) in [6.45, 7) is 3.97. The molecule has 6 heteroatoms. The normalized spacial score (nSPS) is 11.0. The van der Waals surface area contributed by atoms with Gasteiger partial charge in [0, 0.05) is 5.92 Å². The van der Waals surface area contributed by atoms with Crippen molar-refractivity contribution in [3.8, 4) is 0 Å². The first-order valence-corrected chi connectivity index (χ1v) is 7.06. The molecule has 0 unspecified atom stereocenters. The highest BCUT2D eigenvalue weighted by atomic mass is 32.2. The van der Waals surface area contributed by atoms with E-state index in [1.54, 1.807) is 0 Å². The molecule has 0 bridgehead atoms. The lowest BCUT2D eigenvalue weighted by atomic mass is 10.2. The van der Waals surface area contributed by atoms with Gasteiger partial charge in [0.2, 0.25) is 5.89 Å². The third-order valence-electron chi connectivity index (χ3n) is 2.04. The summed E-state index contributed by atoms with van der Waals surface area (Å²) in [4.78, 5) is 12.5. The summed E-state index contributed by atoms with van der Waals surface area (Å²) < 4.78 is 5.40. The Morgan fingerprint density at radius 3 is 2.94 bits per heavy atom. The van der Waals surface area contributed by atoms with Gasteiger partial charge in [-0.05, 0) is 11.4 Å². The van der Waals surface area contributed by atoms with Crippen LogP contribution in [0.4, 0.5) is 0 Å². The van der Waals surface area contributed by atoms with Crippen LogP contribution >= 0.6 is 23.1 Å². The number of nitrogens with zero attached hydrogens (tertiary/aromatic N) is 2. The van der Waals surface area contributed by atoms with Crippen LogP contribution in [0, 0.1) is 0 Å². The van der Waals surface area contributed by atoms with E-state index in [2.05, 4.69) is 10.2 Å². The lowest BCUT2D eigenvalue weighted by molar-refractivity contribution is 0.102. The standard InChI is InChI=1S/C11H12N2O2S2/c1-7(2)10-12-13-11(15-10)17-6-8(14)9-4-3-5-16-9/h3-5,7H,6H2,1-2H3. The highest BCUT2D eigenvalue weighted by molar-refractivity contribution is 7.99. The van der Waals surface area contributed by atoms with Crippen molar-refractivity contribution in [2.24, 2.45) is 0 Å². The van der Waals surface area contributed by atoms with Crippen molar-refractivity contribution in [2.45, 2.75) is 25.0 Å². The van der Waals surface area contributed by atoms with Crippen LogP contribution in [0.15, 0.2) is 27.2 Å². The van der Waals surface area contributed by atoms with Crippen molar-refractivity contribution < 1.29 is 9.21 Å². The number of Topliss-reactive ketones (excluding diaryl/α,β-unsaturated/α-hetero) is 1. The van der Waals surface area contributed by atoms with Crippen LogP contribution in [0.25, 0.3) is 0 Å². The molecular formula is C11H12N2O2S2. The van der Waals surface area contributed by atoms with Crippen LogP contribution in [-0.4, -0.2) is 21.7 Å². The van der Waals surface area contributed by atoms with Crippen LogP contribution in [0.3, 0.4) is 0 Å². The van der Waals surface area contributed by atoms with E-state index in [4.69, 9.17) is 4.42 Å². The number of carbonyl (C=O) groups is 1. The third kappa shape index (κ3) is 3.17. The zero-order chi connectivity index (χ0) is 12.3. The fraction of sp³-hybridized carbons (Fsp3) is 0.364. The summed E-state index contributed by atoms with van der Waals surface area (Å²) in [5.41, 5.74) is 0. The van der Waals surface area contributed by atoms with Crippen LogP contribution in [-0.2, 0) is 0 Å². The molecule has 0 saturated carbocycles. The number of rotatable bonds is 5. The first-order valence-electron chi connectivity index (χ1n) is 5.19. The predicted molar refractivity (Wildman–Crippen MR) is 67.8 cm³/mol. The van der Waals surface area contributed by atoms with E-state index in [9.17, 15) is 4.79 Å². The van der Waals surface area contributed by atoms with Gasteiger partial charge in [0.05, 0.1) is 10.6 Å². The molecule has 2 aromatic rings. The smallest absolute Gasteiger partial charge is 0.277 e. The molecule has 0 radical (unpaired) electrons. The zero-order valence-corrected chi connectivity index (χ0v) is 11.2. The maximum absolute atomic E-state index is 11.7. The largest absolute Gasteiger partial charge is 0.416 e. The molecule has 90 valence electrons. The van der Waals surface area contributed by atoms with Gasteiger partial charge in [-0.25, -0.2) is 0 Å². The molecule has 0 saturated heterocycles. The molecule has 17 heavy (non-hydrogen) atoms. The quantitative estimate of drug-likeness (QED) is 0.615. The molecule has 0 aliphatic heterocycles. The summed E-state index contributed by atoms with van der Waals surface area (Å²) >= 11 is 2.73. The minimum Gasteiger partial charge on any atom is -0.416 e. The Balaban J connectivity index is 1.91. The van der Waals surface area contributed by atoms with Crippen LogP contribution in [0.2, 0.25) is 0 Å². The van der Waals surface area contributed by atoms with Crippen molar-refractivity contribution >= 4 is 28.9 Å². The summed E-state index contributed by atoms with van der Waals surface area (Å²) in [5, 5.41) is 10.1. The monoisotopic (exact) mass is 268 g/mol. The third-order valence-corrected chi connectivity index (χ3v) is 3.77. The molecule has 0 spiro atoms.